The van der Waals surface area contributed by atoms with E-state index in [4.69, 9.17) is 16.3 Å². The van der Waals surface area contributed by atoms with Gasteiger partial charge in [0.25, 0.3) is 0 Å². The molecule has 0 saturated carbocycles. The second-order valence-electron chi connectivity index (χ2n) is 5.82. The van der Waals surface area contributed by atoms with E-state index in [1.807, 2.05) is 19.2 Å². The van der Waals surface area contributed by atoms with E-state index in [9.17, 15) is 0 Å². The zero-order valence-corrected chi connectivity index (χ0v) is 13.2. The predicted octanol–water partition coefficient (Wildman–Crippen LogP) is 4.07. The third-order valence-electron chi connectivity index (χ3n) is 4.07. The lowest BCUT2D eigenvalue weighted by atomic mass is 9.93. The van der Waals surface area contributed by atoms with E-state index in [0.29, 0.717) is 12.0 Å². The van der Waals surface area contributed by atoms with Crippen molar-refractivity contribution in [1.82, 2.24) is 5.32 Å². The largest absolute Gasteiger partial charge is 0.378 e. The molecule has 2 rings (SSSR count). The Kier molecular flexibility index (Phi) is 6.85. The van der Waals surface area contributed by atoms with Crippen molar-refractivity contribution >= 4 is 11.6 Å². The first kappa shape index (κ1) is 15.8. The van der Waals surface area contributed by atoms with E-state index in [1.165, 1.54) is 37.7 Å². The highest BCUT2D eigenvalue weighted by Gasteiger charge is 2.16. The normalized spacial score (nSPS) is 20.2. The summed E-state index contributed by atoms with van der Waals surface area (Å²) in [6.45, 7) is 2.03. The van der Waals surface area contributed by atoms with Crippen LogP contribution in [0.5, 0.6) is 0 Å². The van der Waals surface area contributed by atoms with Crippen molar-refractivity contribution in [2.75, 3.05) is 20.2 Å². The molecule has 0 amide bonds. The molecule has 1 heterocycles. The van der Waals surface area contributed by atoms with Crippen LogP contribution in [0.2, 0.25) is 5.02 Å². The fourth-order valence-corrected chi connectivity index (χ4v) is 3.28. The third kappa shape index (κ3) is 5.43. The second-order valence-corrected chi connectivity index (χ2v) is 6.26. The Balaban J connectivity index is 1.77. The molecule has 0 radical (unpaired) electrons. The summed E-state index contributed by atoms with van der Waals surface area (Å²) in [7, 11) is 2.03. The van der Waals surface area contributed by atoms with Crippen LogP contribution in [-0.2, 0) is 11.2 Å². The average Bonchev–Trinajstić information content (AvgIpc) is 2.92. The maximum absolute atomic E-state index is 6.06. The topological polar surface area (TPSA) is 21.3 Å². The van der Waals surface area contributed by atoms with Crippen molar-refractivity contribution in [3.05, 3.63) is 34.9 Å². The van der Waals surface area contributed by atoms with Gasteiger partial charge in [-0.1, -0.05) is 30.2 Å². The van der Waals surface area contributed by atoms with Crippen molar-refractivity contribution in [2.45, 2.75) is 44.6 Å². The van der Waals surface area contributed by atoms with Gasteiger partial charge in [0.2, 0.25) is 0 Å². The van der Waals surface area contributed by atoms with Gasteiger partial charge in [0.15, 0.2) is 0 Å². The predicted molar refractivity (Wildman–Crippen MR) is 85.4 cm³/mol. The molecule has 20 heavy (non-hydrogen) atoms. The summed E-state index contributed by atoms with van der Waals surface area (Å²) in [5.74, 6) is 0.680. The average molecular weight is 296 g/mol. The van der Waals surface area contributed by atoms with Gasteiger partial charge in [-0.3, -0.25) is 0 Å². The first-order valence-electron chi connectivity index (χ1n) is 7.78. The molecule has 1 aliphatic rings. The van der Waals surface area contributed by atoms with Crippen molar-refractivity contribution in [1.29, 1.82) is 0 Å². The van der Waals surface area contributed by atoms with Gasteiger partial charge in [0.1, 0.15) is 0 Å². The van der Waals surface area contributed by atoms with Gasteiger partial charge in [-0.25, -0.2) is 0 Å². The highest BCUT2D eigenvalue weighted by molar-refractivity contribution is 6.30. The Morgan fingerprint density at radius 3 is 3.05 bits per heavy atom. The second kappa shape index (κ2) is 8.66. The molecule has 0 aliphatic carbocycles. The summed E-state index contributed by atoms with van der Waals surface area (Å²) in [5, 5.41) is 4.15. The lowest BCUT2D eigenvalue weighted by Gasteiger charge is -2.18. The van der Waals surface area contributed by atoms with Crippen molar-refractivity contribution in [3.8, 4) is 0 Å². The minimum Gasteiger partial charge on any atom is -0.378 e. The van der Waals surface area contributed by atoms with Gasteiger partial charge in [0, 0.05) is 11.6 Å². The number of benzene rings is 1. The fourth-order valence-electron chi connectivity index (χ4n) is 3.07. The molecule has 1 aromatic rings. The molecule has 2 unspecified atom stereocenters. The van der Waals surface area contributed by atoms with Gasteiger partial charge in [0.05, 0.1) is 6.10 Å². The smallest absolute Gasteiger partial charge is 0.0576 e. The van der Waals surface area contributed by atoms with Gasteiger partial charge in [-0.2, -0.15) is 0 Å². The SMILES string of the molecule is CNCC(CCCC1CCCO1)Cc1cccc(Cl)c1. The molecule has 3 heteroatoms. The lowest BCUT2D eigenvalue weighted by Crippen LogP contribution is -2.21. The monoisotopic (exact) mass is 295 g/mol. The Morgan fingerprint density at radius 2 is 2.35 bits per heavy atom. The molecule has 0 bridgehead atoms. The Hall–Kier alpha value is -0.570. The maximum atomic E-state index is 6.06. The summed E-state index contributed by atoms with van der Waals surface area (Å²) < 4.78 is 5.70. The molecule has 1 fully saturated rings. The highest BCUT2D eigenvalue weighted by atomic mass is 35.5. The van der Waals surface area contributed by atoms with E-state index >= 15 is 0 Å². The van der Waals surface area contributed by atoms with Crippen molar-refractivity contribution < 1.29 is 4.74 Å². The number of ether oxygens (including phenoxy) is 1. The summed E-state index contributed by atoms with van der Waals surface area (Å²) in [6.07, 6.45) is 7.86. The Bertz CT molecular complexity index is 390. The summed E-state index contributed by atoms with van der Waals surface area (Å²) in [6, 6.07) is 8.24. The molecule has 1 aliphatic heterocycles. The van der Waals surface area contributed by atoms with Gasteiger partial charge in [-0.05, 0) is 69.3 Å². The molecule has 1 saturated heterocycles. The number of halogens is 1. The number of nitrogens with one attached hydrogen (secondary N) is 1. The van der Waals surface area contributed by atoms with E-state index in [-0.39, 0.29) is 0 Å². The highest BCUT2D eigenvalue weighted by Crippen LogP contribution is 2.22. The summed E-state index contributed by atoms with van der Waals surface area (Å²) >= 11 is 6.06. The molecule has 2 nitrogen and oxygen atoms in total. The number of hydrogen-bond donors (Lipinski definition) is 1. The Morgan fingerprint density at radius 1 is 1.45 bits per heavy atom. The van der Waals surface area contributed by atoms with Crippen molar-refractivity contribution in [3.63, 3.8) is 0 Å². The molecule has 2 atom stereocenters. The van der Waals surface area contributed by atoms with E-state index in [1.54, 1.807) is 0 Å². The van der Waals surface area contributed by atoms with Gasteiger partial charge in [-0.15, -0.1) is 0 Å². The van der Waals surface area contributed by atoms with E-state index in [2.05, 4.69) is 17.4 Å². The first-order chi connectivity index (χ1) is 9.78. The van der Waals surface area contributed by atoms with Crippen LogP contribution < -0.4 is 5.32 Å². The van der Waals surface area contributed by atoms with Crippen LogP contribution in [0.1, 0.15) is 37.7 Å². The molecule has 1 N–H and O–H groups in total. The molecular weight excluding hydrogens is 270 g/mol. The van der Waals surface area contributed by atoms with E-state index < -0.39 is 0 Å². The zero-order chi connectivity index (χ0) is 14.2. The van der Waals surface area contributed by atoms with Crippen LogP contribution in [0.25, 0.3) is 0 Å². The van der Waals surface area contributed by atoms with Crippen LogP contribution in [-0.4, -0.2) is 26.3 Å². The summed E-state index contributed by atoms with van der Waals surface area (Å²) in [5.41, 5.74) is 1.34. The minimum atomic E-state index is 0.524. The van der Waals surface area contributed by atoms with Crippen LogP contribution >= 0.6 is 11.6 Å². The minimum absolute atomic E-state index is 0.524. The molecular formula is C17H26ClNO. The number of hydrogen-bond acceptors (Lipinski definition) is 2. The first-order valence-corrected chi connectivity index (χ1v) is 8.16. The van der Waals surface area contributed by atoms with E-state index in [0.717, 1.165) is 24.6 Å². The van der Waals surface area contributed by atoms with Crippen LogP contribution in [0.15, 0.2) is 24.3 Å². The van der Waals surface area contributed by atoms with Crippen molar-refractivity contribution in [2.24, 2.45) is 5.92 Å². The fraction of sp³-hybridized carbons (Fsp3) is 0.647. The van der Waals surface area contributed by atoms with Crippen LogP contribution in [0.4, 0.5) is 0 Å². The molecule has 0 aromatic heterocycles. The van der Waals surface area contributed by atoms with Crippen LogP contribution in [0.3, 0.4) is 0 Å². The lowest BCUT2D eigenvalue weighted by molar-refractivity contribution is 0.101. The maximum Gasteiger partial charge on any atom is 0.0576 e. The quantitative estimate of drug-likeness (QED) is 0.781. The Labute approximate surface area is 127 Å². The molecule has 112 valence electrons. The number of rotatable bonds is 8. The third-order valence-corrected chi connectivity index (χ3v) is 4.30. The van der Waals surface area contributed by atoms with Gasteiger partial charge >= 0.3 is 0 Å². The molecule has 1 aromatic carbocycles. The van der Waals surface area contributed by atoms with Crippen LogP contribution in [0, 0.1) is 5.92 Å². The summed E-state index contributed by atoms with van der Waals surface area (Å²) in [4.78, 5) is 0. The standard InChI is InChI=1S/C17H26ClNO/c1-19-13-15(6-3-8-17-9-4-10-20-17)11-14-5-2-7-16(18)12-14/h2,5,7,12,15,17,19H,3-4,6,8-11,13H2,1H3. The van der Waals surface area contributed by atoms with Gasteiger partial charge < -0.3 is 10.1 Å². The zero-order valence-electron chi connectivity index (χ0n) is 12.4. The molecule has 0 spiro atoms.